The Morgan fingerprint density at radius 3 is 2.37 bits per heavy atom. The molecule has 1 aliphatic carbocycles. The van der Waals surface area contributed by atoms with Gasteiger partial charge in [-0.25, -0.2) is 0 Å². The lowest BCUT2D eigenvalue weighted by molar-refractivity contribution is 0.219. The quantitative estimate of drug-likeness (QED) is 0.840. The fourth-order valence-corrected chi connectivity index (χ4v) is 3.42. The van der Waals surface area contributed by atoms with Crippen molar-refractivity contribution in [2.75, 3.05) is 0 Å². The molecule has 1 aromatic carbocycles. The molecule has 1 aromatic rings. The molecule has 0 spiro atoms. The van der Waals surface area contributed by atoms with Crippen LogP contribution in [0.3, 0.4) is 0 Å². The van der Waals surface area contributed by atoms with E-state index in [4.69, 9.17) is 5.73 Å². The van der Waals surface area contributed by atoms with Crippen LogP contribution in [0.1, 0.15) is 70.4 Å². The molecule has 0 radical (unpaired) electrons. The van der Waals surface area contributed by atoms with Crippen LogP contribution in [0.5, 0.6) is 0 Å². The molecule has 1 unspecified atom stereocenters. The normalized spacial score (nSPS) is 23.3. The topological polar surface area (TPSA) is 26.0 Å². The second kappa shape index (κ2) is 5.28. The third kappa shape index (κ3) is 4.35. The van der Waals surface area contributed by atoms with Gasteiger partial charge in [0.25, 0.3) is 0 Å². The van der Waals surface area contributed by atoms with E-state index in [0.29, 0.717) is 5.41 Å². The number of benzene rings is 1. The average Bonchev–Trinajstić information content (AvgIpc) is 2.26. The van der Waals surface area contributed by atoms with E-state index in [-0.39, 0.29) is 5.54 Å². The highest BCUT2D eigenvalue weighted by Gasteiger charge is 2.28. The zero-order valence-corrected chi connectivity index (χ0v) is 13.0. The van der Waals surface area contributed by atoms with Crippen LogP contribution in [-0.4, -0.2) is 5.54 Å². The molecule has 1 heteroatoms. The Hall–Kier alpha value is -0.820. The minimum absolute atomic E-state index is 0.117. The van der Waals surface area contributed by atoms with Gasteiger partial charge in [0.2, 0.25) is 0 Å². The summed E-state index contributed by atoms with van der Waals surface area (Å²) in [6.07, 6.45) is 6.38. The summed E-state index contributed by atoms with van der Waals surface area (Å²) in [6.45, 7) is 8.99. The standard InChI is InChI=1S/C18H29N/c1-17(2)11-5-6-16(13-17)15-9-7-14(8-10-15)12-18(3,4)19/h7-10,16H,5-6,11-13,19H2,1-4H3. The van der Waals surface area contributed by atoms with Crippen molar-refractivity contribution >= 4 is 0 Å². The minimum atomic E-state index is -0.117. The lowest BCUT2D eigenvalue weighted by atomic mass is 9.70. The molecular weight excluding hydrogens is 230 g/mol. The minimum Gasteiger partial charge on any atom is -0.325 e. The van der Waals surface area contributed by atoms with Crippen molar-refractivity contribution < 1.29 is 0 Å². The van der Waals surface area contributed by atoms with Crippen LogP contribution in [0.15, 0.2) is 24.3 Å². The SMILES string of the molecule is CC(C)(N)Cc1ccc(C2CCCC(C)(C)C2)cc1. The molecule has 0 aromatic heterocycles. The van der Waals surface area contributed by atoms with E-state index in [1.807, 2.05) is 0 Å². The van der Waals surface area contributed by atoms with E-state index >= 15 is 0 Å². The summed E-state index contributed by atoms with van der Waals surface area (Å²) >= 11 is 0. The van der Waals surface area contributed by atoms with Crippen LogP contribution in [0.4, 0.5) is 0 Å². The van der Waals surface area contributed by atoms with Gasteiger partial charge >= 0.3 is 0 Å². The molecule has 2 rings (SSSR count). The van der Waals surface area contributed by atoms with Crippen molar-refractivity contribution in [3.8, 4) is 0 Å². The number of rotatable bonds is 3. The summed E-state index contributed by atoms with van der Waals surface area (Å²) in [5.74, 6) is 0.753. The van der Waals surface area contributed by atoms with Crippen LogP contribution in [0.25, 0.3) is 0 Å². The number of hydrogen-bond acceptors (Lipinski definition) is 1. The summed E-state index contributed by atoms with van der Waals surface area (Å²) in [7, 11) is 0. The molecule has 1 saturated carbocycles. The van der Waals surface area contributed by atoms with Gasteiger partial charge in [-0.3, -0.25) is 0 Å². The lowest BCUT2D eigenvalue weighted by Crippen LogP contribution is -2.34. The van der Waals surface area contributed by atoms with Crippen LogP contribution in [0, 0.1) is 5.41 Å². The highest BCUT2D eigenvalue weighted by Crippen LogP contribution is 2.43. The molecule has 2 N–H and O–H groups in total. The highest BCUT2D eigenvalue weighted by atomic mass is 14.7. The second-order valence-corrected chi connectivity index (χ2v) is 7.86. The Morgan fingerprint density at radius 1 is 1.21 bits per heavy atom. The van der Waals surface area contributed by atoms with Gasteiger partial charge in [0, 0.05) is 5.54 Å². The molecule has 1 fully saturated rings. The maximum absolute atomic E-state index is 6.08. The first-order valence-electron chi connectivity index (χ1n) is 7.63. The van der Waals surface area contributed by atoms with E-state index in [1.165, 1.54) is 36.8 Å². The van der Waals surface area contributed by atoms with Crippen molar-refractivity contribution in [2.24, 2.45) is 11.1 Å². The van der Waals surface area contributed by atoms with Crippen LogP contribution in [-0.2, 0) is 6.42 Å². The van der Waals surface area contributed by atoms with Gasteiger partial charge in [0.15, 0.2) is 0 Å². The molecule has 0 saturated heterocycles. The van der Waals surface area contributed by atoms with Gasteiger partial charge < -0.3 is 5.73 Å². The van der Waals surface area contributed by atoms with Gasteiger partial charge in [0.1, 0.15) is 0 Å². The first-order valence-corrected chi connectivity index (χ1v) is 7.63. The van der Waals surface area contributed by atoms with Crippen molar-refractivity contribution in [3.05, 3.63) is 35.4 Å². The first kappa shape index (κ1) is 14.6. The zero-order valence-electron chi connectivity index (χ0n) is 13.0. The maximum Gasteiger partial charge on any atom is 0.0138 e. The fourth-order valence-electron chi connectivity index (χ4n) is 3.42. The third-order valence-corrected chi connectivity index (χ3v) is 4.32. The summed E-state index contributed by atoms with van der Waals surface area (Å²) in [5, 5.41) is 0. The molecule has 0 bridgehead atoms. The molecule has 0 heterocycles. The van der Waals surface area contributed by atoms with E-state index in [1.54, 1.807) is 0 Å². The summed E-state index contributed by atoms with van der Waals surface area (Å²) in [4.78, 5) is 0. The molecular formula is C18H29N. The van der Waals surface area contributed by atoms with Gasteiger partial charge in [-0.05, 0) is 62.0 Å². The van der Waals surface area contributed by atoms with E-state index < -0.39 is 0 Å². The zero-order chi connectivity index (χ0) is 14.1. The van der Waals surface area contributed by atoms with E-state index in [2.05, 4.69) is 52.0 Å². The van der Waals surface area contributed by atoms with Crippen molar-refractivity contribution in [1.29, 1.82) is 0 Å². The van der Waals surface area contributed by atoms with Crippen molar-refractivity contribution in [3.63, 3.8) is 0 Å². The van der Waals surface area contributed by atoms with Gasteiger partial charge in [-0.2, -0.15) is 0 Å². The maximum atomic E-state index is 6.08. The van der Waals surface area contributed by atoms with Crippen molar-refractivity contribution in [1.82, 2.24) is 0 Å². The second-order valence-electron chi connectivity index (χ2n) is 7.86. The Morgan fingerprint density at radius 2 is 1.84 bits per heavy atom. The molecule has 0 aliphatic heterocycles. The molecule has 106 valence electrons. The van der Waals surface area contributed by atoms with Crippen LogP contribution >= 0.6 is 0 Å². The molecule has 0 amide bonds. The predicted molar refractivity (Wildman–Crippen MR) is 83.4 cm³/mol. The Bertz CT molecular complexity index is 408. The van der Waals surface area contributed by atoms with Gasteiger partial charge in [0.05, 0.1) is 0 Å². The van der Waals surface area contributed by atoms with Crippen LogP contribution < -0.4 is 5.73 Å². The largest absolute Gasteiger partial charge is 0.325 e. The smallest absolute Gasteiger partial charge is 0.0138 e. The predicted octanol–water partition coefficient (Wildman–Crippen LogP) is 4.65. The summed E-state index contributed by atoms with van der Waals surface area (Å²) in [6, 6.07) is 9.19. The van der Waals surface area contributed by atoms with Gasteiger partial charge in [-0.15, -0.1) is 0 Å². The highest BCUT2D eigenvalue weighted by molar-refractivity contribution is 5.27. The Kier molecular flexibility index (Phi) is 4.06. The molecule has 1 atom stereocenters. The lowest BCUT2D eigenvalue weighted by Gasteiger charge is -2.35. The fraction of sp³-hybridized carbons (Fsp3) is 0.667. The Labute approximate surface area is 118 Å². The van der Waals surface area contributed by atoms with E-state index in [9.17, 15) is 0 Å². The van der Waals surface area contributed by atoms with Gasteiger partial charge in [-0.1, -0.05) is 44.5 Å². The van der Waals surface area contributed by atoms with E-state index in [0.717, 1.165) is 12.3 Å². The van der Waals surface area contributed by atoms with Crippen LogP contribution in [0.2, 0.25) is 0 Å². The molecule has 19 heavy (non-hydrogen) atoms. The first-order chi connectivity index (χ1) is 8.75. The molecule has 1 aliphatic rings. The monoisotopic (exact) mass is 259 g/mol. The average molecular weight is 259 g/mol. The number of nitrogens with two attached hydrogens (primary N) is 1. The summed E-state index contributed by atoms with van der Waals surface area (Å²) < 4.78 is 0. The number of hydrogen-bond donors (Lipinski definition) is 1. The molecule has 1 nitrogen and oxygen atoms in total. The third-order valence-electron chi connectivity index (χ3n) is 4.32. The van der Waals surface area contributed by atoms with Crippen molar-refractivity contribution in [2.45, 2.75) is 71.3 Å². The Balaban J connectivity index is 2.06. The summed E-state index contributed by atoms with van der Waals surface area (Å²) in [5.41, 5.74) is 9.35.